The molecule has 35 heavy (non-hydrogen) atoms. The number of anilines is 1. The molecule has 0 bridgehead atoms. The van der Waals surface area contributed by atoms with Gasteiger partial charge in [-0.05, 0) is 87.3 Å². The molecule has 2 aliphatic heterocycles. The van der Waals surface area contributed by atoms with Crippen molar-refractivity contribution in [3.8, 4) is 0 Å². The topological polar surface area (TPSA) is 115 Å². The minimum atomic E-state index is -1.12. The Morgan fingerprint density at radius 3 is 2.71 bits per heavy atom. The minimum absolute atomic E-state index is 0.246. The molecule has 0 spiro atoms. The number of aromatic amines is 1. The second kappa shape index (κ2) is 9.76. The Kier molecular flexibility index (Phi) is 6.37. The summed E-state index contributed by atoms with van der Waals surface area (Å²) >= 11 is 0. The van der Waals surface area contributed by atoms with Gasteiger partial charge in [0.1, 0.15) is 6.54 Å². The number of nitrogens with zero attached hydrogens (tertiary/aromatic N) is 1. The number of hydrogen-bond acceptors (Lipinski definition) is 4. The summed E-state index contributed by atoms with van der Waals surface area (Å²) in [6, 6.07) is 13.4. The monoisotopic (exact) mass is 472 g/mol. The van der Waals surface area contributed by atoms with Crippen molar-refractivity contribution in [2.75, 3.05) is 31.5 Å². The van der Waals surface area contributed by atoms with Crippen LogP contribution in [-0.2, 0) is 16.0 Å². The molecule has 3 aromatic rings. The Labute approximate surface area is 203 Å². The van der Waals surface area contributed by atoms with E-state index in [0.717, 1.165) is 36.0 Å². The summed E-state index contributed by atoms with van der Waals surface area (Å²) < 4.78 is 0. The number of rotatable bonds is 8. The van der Waals surface area contributed by atoms with Crippen molar-refractivity contribution in [2.24, 2.45) is 0 Å². The third-order valence-electron chi connectivity index (χ3n) is 6.61. The van der Waals surface area contributed by atoms with Crippen LogP contribution >= 0.6 is 0 Å². The van der Waals surface area contributed by atoms with Crippen molar-refractivity contribution in [1.82, 2.24) is 15.2 Å². The van der Waals surface area contributed by atoms with E-state index in [1.807, 2.05) is 12.1 Å². The van der Waals surface area contributed by atoms with E-state index in [-0.39, 0.29) is 11.5 Å². The average Bonchev–Trinajstić information content (AvgIpc) is 3.56. The van der Waals surface area contributed by atoms with Crippen molar-refractivity contribution >= 4 is 46.0 Å². The zero-order chi connectivity index (χ0) is 24.4. The van der Waals surface area contributed by atoms with Gasteiger partial charge >= 0.3 is 5.97 Å². The van der Waals surface area contributed by atoms with Gasteiger partial charge in [0.2, 0.25) is 0 Å². The molecule has 0 atom stereocenters. The lowest BCUT2D eigenvalue weighted by atomic mass is 10.0. The number of carbonyl (C=O) groups excluding carboxylic acids is 2. The highest BCUT2D eigenvalue weighted by atomic mass is 16.4. The Hall–Kier alpha value is -3.91. The highest BCUT2D eigenvalue weighted by Gasteiger charge is 2.25. The standard InChI is InChI=1S/C27H28N4O4/c32-25(33)16-28-26(34)18-6-7-21-22(27(35)30-24(21)14-18)15-20-13-19-12-17(5-8-23(19)29-20)4-3-11-31-9-1-2-10-31/h5-8,12-15,29H,1-4,9-11,16H2,(H,28,34)(H,30,35)(H,32,33). The number of carbonyl (C=O) groups is 3. The maximum atomic E-state index is 12.7. The van der Waals surface area contributed by atoms with Crippen molar-refractivity contribution in [3.63, 3.8) is 0 Å². The SMILES string of the molecule is O=C(O)CNC(=O)c1ccc2c(c1)NC(=O)C2=Cc1cc2cc(CCCN3CCCC3)ccc2[nH]1. The lowest BCUT2D eigenvalue weighted by Gasteiger charge is -2.13. The molecular formula is C27H28N4O4. The number of benzene rings is 2. The molecule has 2 aromatic carbocycles. The van der Waals surface area contributed by atoms with E-state index in [0.29, 0.717) is 16.8 Å². The van der Waals surface area contributed by atoms with Crippen molar-refractivity contribution in [3.05, 3.63) is 64.8 Å². The van der Waals surface area contributed by atoms with Crippen LogP contribution in [0.2, 0.25) is 0 Å². The summed E-state index contributed by atoms with van der Waals surface area (Å²) in [5, 5.41) is 15.0. The van der Waals surface area contributed by atoms with Gasteiger partial charge in [0.25, 0.3) is 11.8 Å². The zero-order valence-corrected chi connectivity index (χ0v) is 19.4. The Balaban J connectivity index is 1.31. The van der Waals surface area contributed by atoms with Gasteiger partial charge in [-0.15, -0.1) is 0 Å². The minimum Gasteiger partial charge on any atom is -0.480 e. The molecule has 0 radical (unpaired) electrons. The third kappa shape index (κ3) is 5.12. The van der Waals surface area contributed by atoms with Crippen LogP contribution < -0.4 is 10.6 Å². The van der Waals surface area contributed by atoms with E-state index in [2.05, 4.69) is 38.7 Å². The Morgan fingerprint density at radius 2 is 1.91 bits per heavy atom. The summed E-state index contributed by atoms with van der Waals surface area (Å²) in [6.45, 7) is 3.14. The number of aromatic nitrogens is 1. The molecule has 0 saturated carbocycles. The molecule has 5 rings (SSSR count). The zero-order valence-electron chi connectivity index (χ0n) is 19.4. The van der Waals surface area contributed by atoms with Gasteiger partial charge in [0.15, 0.2) is 0 Å². The lowest BCUT2D eigenvalue weighted by molar-refractivity contribution is -0.135. The fourth-order valence-corrected chi connectivity index (χ4v) is 4.84. The molecule has 0 unspecified atom stereocenters. The summed E-state index contributed by atoms with van der Waals surface area (Å²) in [7, 11) is 0. The molecule has 0 aliphatic carbocycles. The Morgan fingerprint density at radius 1 is 1.09 bits per heavy atom. The first-order valence-electron chi connectivity index (χ1n) is 12.0. The maximum Gasteiger partial charge on any atom is 0.322 e. The number of likely N-dealkylation sites (tertiary alicyclic amines) is 1. The molecule has 1 aromatic heterocycles. The highest BCUT2D eigenvalue weighted by molar-refractivity contribution is 6.35. The molecule has 2 aliphatic rings. The van der Waals surface area contributed by atoms with E-state index in [9.17, 15) is 14.4 Å². The first-order valence-corrected chi connectivity index (χ1v) is 12.0. The second-order valence-corrected chi connectivity index (χ2v) is 9.15. The van der Waals surface area contributed by atoms with Gasteiger partial charge in [-0.25, -0.2) is 0 Å². The van der Waals surface area contributed by atoms with Gasteiger partial charge in [0.05, 0.1) is 5.57 Å². The molecule has 180 valence electrons. The molecule has 1 fully saturated rings. The predicted octanol–water partition coefficient (Wildman–Crippen LogP) is 3.50. The van der Waals surface area contributed by atoms with Gasteiger partial charge < -0.3 is 25.6 Å². The van der Waals surface area contributed by atoms with E-state index in [4.69, 9.17) is 5.11 Å². The molecule has 3 heterocycles. The molecule has 8 nitrogen and oxygen atoms in total. The smallest absolute Gasteiger partial charge is 0.322 e. The van der Waals surface area contributed by atoms with E-state index >= 15 is 0 Å². The normalized spacial score (nSPS) is 16.6. The van der Waals surface area contributed by atoms with Crippen LogP contribution in [0.4, 0.5) is 5.69 Å². The number of aliphatic carboxylic acids is 1. The molecule has 4 N–H and O–H groups in total. The van der Waals surface area contributed by atoms with Crippen LogP contribution in [0.3, 0.4) is 0 Å². The highest BCUT2D eigenvalue weighted by Crippen LogP contribution is 2.34. The Bertz CT molecular complexity index is 1330. The number of amides is 2. The van der Waals surface area contributed by atoms with E-state index in [1.54, 1.807) is 18.2 Å². The number of nitrogens with one attached hydrogen (secondary N) is 3. The van der Waals surface area contributed by atoms with Gasteiger partial charge in [-0.1, -0.05) is 12.1 Å². The second-order valence-electron chi connectivity index (χ2n) is 9.15. The first-order chi connectivity index (χ1) is 17.0. The molecule has 1 saturated heterocycles. The summed E-state index contributed by atoms with van der Waals surface area (Å²) in [6.07, 6.45) is 6.66. The van der Waals surface area contributed by atoms with Crippen molar-refractivity contribution in [2.45, 2.75) is 25.7 Å². The number of carboxylic acids is 1. The summed E-state index contributed by atoms with van der Waals surface area (Å²) in [5.74, 6) is -1.87. The summed E-state index contributed by atoms with van der Waals surface area (Å²) in [5.41, 5.74) is 5.18. The van der Waals surface area contributed by atoms with Gasteiger partial charge in [0, 0.05) is 33.4 Å². The van der Waals surface area contributed by atoms with Crippen LogP contribution in [-0.4, -0.2) is 59.0 Å². The largest absolute Gasteiger partial charge is 0.480 e. The van der Waals surface area contributed by atoms with Crippen LogP contribution in [0.5, 0.6) is 0 Å². The number of hydrogen-bond donors (Lipinski definition) is 4. The average molecular weight is 473 g/mol. The third-order valence-corrected chi connectivity index (χ3v) is 6.61. The van der Waals surface area contributed by atoms with Crippen LogP contribution in [0.25, 0.3) is 22.6 Å². The molecular weight excluding hydrogens is 444 g/mol. The number of carboxylic acid groups (broad SMARTS) is 1. The molecule has 2 amide bonds. The van der Waals surface area contributed by atoms with Crippen molar-refractivity contribution < 1.29 is 19.5 Å². The quantitative estimate of drug-likeness (QED) is 0.375. The molecule has 8 heteroatoms. The fraction of sp³-hybridized carbons (Fsp3) is 0.296. The number of H-pyrrole nitrogens is 1. The van der Waals surface area contributed by atoms with E-state index < -0.39 is 18.4 Å². The van der Waals surface area contributed by atoms with Crippen molar-refractivity contribution in [1.29, 1.82) is 0 Å². The van der Waals surface area contributed by atoms with Gasteiger partial charge in [-0.3, -0.25) is 14.4 Å². The summed E-state index contributed by atoms with van der Waals surface area (Å²) in [4.78, 5) is 41.4. The van der Waals surface area contributed by atoms with Crippen LogP contribution in [0.1, 0.15) is 46.4 Å². The van der Waals surface area contributed by atoms with E-state index in [1.165, 1.54) is 31.5 Å². The van der Waals surface area contributed by atoms with Crippen LogP contribution in [0.15, 0.2) is 42.5 Å². The predicted molar refractivity (Wildman–Crippen MR) is 135 cm³/mol. The maximum absolute atomic E-state index is 12.7. The fourth-order valence-electron chi connectivity index (χ4n) is 4.84. The number of aryl methyl sites for hydroxylation is 1. The lowest BCUT2D eigenvalue weighted by Crippen LogP contribution is -2.29. The first kappa shape index (κ1) is 22.9. The number of fused-ring (bicyclic) bond motifs is 2. The van der Waals surface area contributed by atoms with Crippen LogP contribution in [0, 0.1) is 0 Å². The van der Waals surface area contributed by atoms with Gasteiger partial charge in [-0.2, -0.15) is 0 Å².